The smallest absolute Gasteiger partial charge is 1.00 e. The number of ether oxygens (including phenoxy) is 1. The third-order valence-electron chi connectivity index (χ3n) is 2.71. The molecule has 1 heterocycles. The molecule has 0 aromatic heterocycles. The molecule has 0 unspecified atom stereocenters. The molecule has 0 radical (unpaired) electrons. The van der Waals surface area contributed by atoms with Crippen molar-refractivity contribution in [2.24, 2.45) is 21.5 Å². The van der Waals surface area contributed by atoms with Gasteiger partial charge in [0.05, 0.1) is 7.11 Å². The van der Waals surface area contributed by atoms with Crippen LogP contribution in [0.15, 0.2) is 34.3 Å². The van der Waals surface area contributed by atoms with Crippen molar-refractivity contribution in [2.45, 2.75) is 19.5 Å². The molecule has 4 N–H and O–H groups in total. The van der Waals surface area contributed by atoms with Gasteiger partial charge in [-0.05, 0) is 26.0 Å². The lowest BCUT2D eigenvalue weighted by atomic mass is 10.1. The highest BCUT2D eigenvalue weighted by Crippen LogP contribution is 2.29. The topological polar surface area (TPSA) is 89.2 Å². The number of hydrogen-bond donors (Lipinski definition) is 2. The minimum atomic E-state index is -0.581. The molecule has 1 aliphatic rings. The molecule has 1 aliphatic heterocycles. The van der Waals surface area contributed by atoms with Gasteiger partial charge in [-0.1, -0.05) is 6.07 Å². The number of benzene rings is 1. The number of methoxy groups -OCH3 is 1. The first kappa shape index (κ1) is 15.1. The van der Waals surface area contributed by atoms with E-state index in [1.165, 1.54) is 0 Å². The van der Waals surface area contributed by atoms with Crippen LogP contribution in [0.4, 0.5) is 5.69 Å². The summed E-state index contributed by atoms with van der Waals surface area (Å²) in [5.41, 5.74) is 11.8. The average molecular weight is 284 g/mol. The van der Waals surface area contributed by atoms with Gasteiger partial charge in [-0.25, -0.2) is 4.99 Å². The van der Waals surface area contributed by atoms with Crippen molar-refractivity contribution in [1.82, 2.24) is 0 Å². The first-order valence-corrected chi connectivity index (χ1v) is 5.58. The van der Waals surface area contributed by atoms with Gasteiger partial charge in [0.2, 0.25) is 11.9 Å². The number of aliphatic imine (C=N–C) groups is 2. The number of hydrogen-bond acceptors (Lipinski definition) is 6. The van der Waals surface area contributed by atoms with Crippen molar-refractivity contribution in [2.75, 3.05) is 12.0 Å². The van der Waals surface area contributed by atoms with E-state index in [1.807, 2.05) is 43.0 Å². The lowest BCUT2D eigenvalue weighted by Gasteiger charge is -2.38. The van der Waals surface area contributed by atoms with E-state index >= 15 is 0 Å². The fourth-order valence-electron chi connectivity index (χ4n) is 2.00. The van der Waals surface area contributed by atoms with Gasteiger partial charge >= 0.3 is 1.43 Å². The Morgan fingerprint density at radius 2 is 2.00 bits per heavy atom. The van der Waals surface area contributed by atoms with Crippen LogP contribution in [0.1, 0.15) is 15.3 Å². The van der Waals surface area contributed by atoms with Gasteiger partial charge in [-0.3, -0.25) is 4.90 Å². The van der Waals surface area contributed by atoms with Crippen LogP contribution >= 0.6 is 0 Å². The zero-order chi connectivity index (χ0) is 13.3. The lowest BCUT2D eigenvalue weighted by Crippen LogP contribution is -3.00. The van der Waals surface area contributed by atoms with Crippen molar-refractivity contribution in [3.8, 4) is 5.75 Å². The molecule has 104 valence electrons. The molecule has 1 aromatic carbocycles. The van der Waals surface area contributed by atoms with Crippen LogP contribution in [0.3, 0.4) is 0 Å². The van der Waals surface area contributed by atoms with Crippen LogP contribution in [0.2, 0.25) is 0 Å². The second-order valence-electron chi connectivity index (χ2n) is 4.47. The molecule has 0 atom stereocenters. The predicted octanol–water partition coefficient (Wildman–Crippen LogP) is -2.00. The van der Waals surface area contributed by atoms with E-state index in [1.54, 1.807) is 7.11 Å². The maximum absolute atomic E-state index is 5.94. The van der Waals surface area contributed by atoms with Crippen molar-refractivity contribution < 1.29 is 18.6 Å². The van der Waals surface area contributed by atoms with Crippen molar-refractivity contribution in [3.63, 3.8) is 0 Å². The van der Waals surface area contributed by atoms with Crippen LogP contribution in [0.25, 0.3) is 0 Å². The third-order valence-corrected chi connectivity index (χ3v) is 2.71. The van der Waals surface area contributed by atoms with Crippen LogP contribution in [-0.2, 0) is 0 Å². The summed E-state index contributed by atoms with van der Waals surface area (Å²) in [5, 5.41) is 0. The van der Waals surface area contributed by atoms with Gasteiger partial charge < -0.3 is 28.6 Å². The number of halogens is 1. The van der Waals surface area contributed by atoms with E-state index < -0.39 is 5.66 Å². The number of anilines is 1. The van der Waals surface area contributed by atoms with Gasteiger partial charge in [0.25, 0.3) is 0 Å². The molecular formula is C12H18ClN5O. The highest BCUT2D eigenvalue weighted by molar-refractivity contribution is 6.05. The summed E-state index contributed by atoms with van der Waals surface area (Å²) < 4.78 is 5.20. The number of nitrogens with zero attached hydrogens (tertiary/aromatic N) is 3. The van der Waals surface area contributed by atoms with E-state index in [0.717, 1.165) is 11.4 Å². The molecule has 0 saturated heterocycles. The molecule has 0 amide bonds. The maximum Gasteiger partial charge on any atom is 1.00 e. The molecule has 0 spiro atoms. The fourth-order valence-corrected chi connectivity index (χ4v) is 2.00. The summed E-state index contributed by atoms with van der Waals surface area (Å²) >= 11 is 0. The minimum absolute atomic E-state index is 0. The van der Waals surface area contributed by atoms with Crippen LogP contribution in [0.5, 0.6) is 5.75 Å². The van der Waals surface area contributed by atoms with E-state index in [4.69, 9.17) is 16.2 Å². The summed E-state index contributed by atoms with van der Waals surface area (Å²) in [7, 11) is 1.62. The molecule has 0 saturated carbocycles. The number of guanidine groups is 2. The minimum Gasteiger partial charge on any atom is -1.00 e. The highest BCUT2D eigenvalue weighted by Gasteiger charge is 2.32. The first-order valence-electron chi connectivity index (χ1n) is 5.58. The Hall–Kier alpha value is -1.95. The van der Waals surface area contributed by atoms with Gasteiger partial charge in [-0.2, -0.15) is 4.99 Å². The maximum atomic E-state index is 5.94. The average Bonchev–Trinajstić information content (AvgIpc) is 2.26. The summed E-state index contributed by atoms with van der Waals surface area (Å²) in [4.78, 5) is 10.1. The van der Waals surface area contributed by atoms with Gasteiger partial charge in [0.1, 0.15) is 11.4 Å². The Kier molecular flexibility index (Phi) is 4.26. The summed E-state index contributed by atoms with van der Waals surface area (Å²) in [5.74, 6) is 1.26. The van der Waals surface area contributed by atoms with E-state index in [2.05, 4.69) is 9.98 Å². The van der Waals surface area contributed by atoms with Crippen molar-refractivity contribution >= 4 is 17.6 Å². The molecule has 6 nitrogen and oxygen atoms in total. The van der Waals surface area contributed by atoms with E-state index in [9.17, 15) is 0 Å². The standard InChI is InChI=1S/C12H17N5O.ClH/c1-12(2)16-10(13)15-11(14)17(12)8-5-4-6-9(7-8)18-3;/h4-7H,1-3H3,(H4,13,14,15,16);1H. The zero-order valence-corrected chi connectivity index (χ0v) is 11.8. The van der Waals surface area contributed by atoms with Crippen LogP contribution in [0, 0.1) is 0 Å². The van der Waals surface area contributed by atoms with Crippen LogP contribution < -0.4 is 33.5 Å². The zero-order valence-electron chi connectivity index (χ0n) is 12.1. The molecule has 19 heavy (non-hydrogen) atoms. The number of rotatable bonds is 2. The Bertz CT molecular complexity index is 532. The second-order valence-corrected chi connectivity index (χ2v) is 4.47. The van der Waals surface area contributed by atoms with Crippen molar-refractivity contribution in [1.29, 1.82) is 0 Å². The summed E-state index contributed by atoms with van der Waals surface area (Å²) in [6, 6.07) is 7.55. The quantitative estimate of drug-likeness (QED) is 0.657. The highest BCUT2D eigenvalue weighted by atomic mass is 35.5. The summed E-state index contributed by atoms with van der Waals surface area (Å²) in [6.45, 7) is 3.84. The largest absolute Gasteiger partial charge is 1.00 e. The Morgan fingerprint density at radius 1 is 1.32 bits per heavy atom. The molecule has 1 aromatic rings. The Morgan fingerprint density at radius 3 is 2.58 bits per heavy atom. The first-order chi connectivity index (χ1) is 8.44. The van der Waals surface area contributed by atoms with Gasteiger partial charge in [-0.15, -0.1) is 0 Å². The van der Waals surface area contributed by atoms with E-state index in [0.29, 0.717) is 5.96 Å². The second kappa shape index (κ2) is 5.36. The monoisotopic (exact) mass is 283 g/mol. The van der Waals surface area contributed by atoms with E-state index in [-0.39, 0.29) is 19.8 Å². The normalized spacial score (nSPS) is 17.1. The SMILES string of the molecule is COc1cccc(N2C(N)=NC(N)=NC2(C)C)c1.[Cl-].[H+]. The molecule has 2 rings (SSSR count). The lowest BCUT2D eigenvalue weighted by molar-refractivity contribution is -0.00000502. The molecule has 0 fully saturated rings. The Labute approximate surface area is 120 Å². The van der Waals surface area contributed by atoms with Gasteiger partial charge in [0.15, 0.2) is 0 Å². The molecule has 0 aliphatic carbocycles. The Balaban J connectivity index is 0.00000180. The molecule has 0 bridgehead atoms. The predicted molar refractivity (Wildman–Crippen MR) is 73.9 cm³/mol. The molecular weight excluding hydrogens is 266 g/mol. The number of nitrogens with two attached hydrogens (primary N) is 2. The molecule has 7 heteroatoms. The van der Waals surface area contributed by atoms with Gasteiger partial charge in [0, 0.05) is 11.8 Å². The summed E-state index contributed by atoms with van der Waals surface area (Å²) in [6.07, 6.45) is 0. The fraction of sp³-hybridized carbons (Fsp3) is 0.333. The van der Waals surface area contributed by atoms with Crippen molar-refractivity contribution in [3.05, 3.63) is 24.3 Å². The van der Waals surface area contributed by atoms with Crippen LogP contribution in [-0.4, -0.2) is 24.7 Å². The third kappa shape index (κ3) is 2.90.